The van der Waals surface area contributed by atoms with Gasteiger partial charge in [0.25, 0.3) is 0 Å². The first-order chi connectivity index (χ1) is 8.76. The highest BCUT2D eigenvalue weighted by Crippen LogP contribution is 2.19. The first kappa shape index (κ1) is 14.8. The topological polar surface area (TPSA) is 64.7 Å². The van der Waals surface area contributed by atoms with E-state index in [1.807, 2.05) is 24.3 Å². The van der Waals surface area contributed by atoms with Crippen molar-refractivity contribution in [2.45, 2.75) is 32.3 Å². The molecule has 0 aromatic heterocycles. The average molecular weight is 253 g/mol. The Morgan fingerprint density at radius 1 is 1.28 bits per heavy atom. The van der Waals surface area contributed by atoms with Crippen molar-refractivity contribution < 1.29 is 14.6 Å². The van der Waals surface area contributed by atoms with E-state index in [2.05, 4.69) is 6.92 Å². The summed E-state index contributed by atoms with van der Waals surface area (Å²) in [6, 6.07) is 7.37. The van der Waals surface area contributed by atoms with Crippen molar-refractivity contribution in [1.82, 2.24) is 0 Å². The predicted octanol–water partition coefficient (Wildman–Crippen LogP) is 1.95. The molecule has 0 fully saturated rings. The van der Waals surface area contributed by atoms with Gasteiger partial charge in [-0.05, 0) is 18.6 Å². The second-order valence-electron chi connectivity index (χ2n) is 4.22. The number of aliphatic hydroxyl groups excluding tert-OH is 1. The molecule has 0 heterocycles. The molecule has 4 heteroatoms. The van der Waals surface area contributed by atoms with Crippen LogP contribution in [0.4, 0.5) is 0 Å². The maximum Gasteiger partial charge on any atom is 0.123 e. The normalized spacial score (nSPS) is 12.2. The summed E-state index contributed by atoms with van der Waals surface area (Å²) in [6.07, 6.45) is 2.47. The summed E-state index contributed by atoms with van der Waals surface area (Å²) >= 11 is 0. The molecule has 0 aliphatic carbocycles. The van der Waals surface area contributed by atoms with Crippen LogP contribution in [0.1, 0.15) is 26.2 Å². The molecule has 0 bridgehead atoms. The fraction of sp³-hybridized carbons (Fsp3) is 0.571. The molecule has 1 aromatic carbocycles. The predicted molar refractivity (Wildman–Crippen MR) is 72.0 cm³/mol. The maximum atomic E-state index is 9.68. The van der Waals surface area contributed by atoms with Gasteiger partial charge in [0.2, 0.25) is 0 Å². The van der Waals surface area contributed by atoms with Gasteiger partial charge in [-0.25, -0.2) is 0 Å². The zero-order valence-electron chi connectivity index (χ0n) is 11.0. The summed E-state index contributed by atoms with van der Waals surface area (Å²) in [7, 11) is 0. The minimum atomic E-state index is -0.404. The van der Waals surface area contributed by atoms with Crippen LogP contribution >= 0.6 is 0 Å². The van der Waals surface area contributed by atoms with Crippen LogP contribution in [0.25, 0.3) is 0 Å². The zero-order valence-corrected chi connectivity index (χ0v) is 11.0. The van der Waals surface area contributed by atoms with Crippen LogP contribution in [0.3, 0.4) is 0 Å². The number of hydrogen-bond acceptors (Lipinski definition) is 4. The van der Waals surface area contributed by atoms with E-state index in [4.69, 9.17) is 15.2 Å². The third-order valence-corrected chi connectivity index (χ3v) is 2.53. The number of benzene rings is 1. The third kappa shape index (κ3) is 5.89. The van der Waals surface area contributed by atoms with Gasteiger partial charge in [-0.15, -0.1) is 0 Å². The first-order valence-corrected chi connectivity index (χ1v) is 6.50. The molecule has 0 radical (unpaired) electrons. The van der Waals surface area contributed by atoms with Crippen molar-refractivity contribution in [3.63, 3.8) is 0 Å². The van der Waals surface area contributed by atoms with Crippen LogP contribution < -0.4 is 15.2 Å². The number of ether oxygens (including phenoxy) is 2. The lowest BCUT2D eigenvalue weighted by Gasteiger charge is -2.12. The Morgan fingerprint density at radius 2 is 2.00 bits per heavy atom. The standard InChI is InChI=1S/C14H23NO3/c1-2-3-5-12(16)11-18-14-7-4-6-13(10-14)17-9-8-15/h4,6-7,10,12,16H,2-3,5,8-9,11,15H2,1H3. The van der Waals surface area contributed by atoms with E-state index in [9.17, 15) is 5.11 Å². The minimum Gasteiger partial charge on any atom is -0.492 e. The molecule has 4 nitrogen and oxygen atoms in total. The van der Waals surface area contributed by atoms with Gasteiger partial charge in [-0.3, -0.25) is 0 Å². The molecule has 1 unspecified atom stereocenters. The van der Waals surface area contributed by atoms with Gasteiger partial charge in [0.15, 0.2) is 0 Å². The Balaban J connectivity index is 2.37. The van der Waals surface area contributed by atoms with Gasteiger partial charge >= 0.3 is 0 Å². The van der Waals surface area contributed by atoms with Gasteiger partial charge in [-0.2, -0.15) is 0 Å². The molecular weight excluding hydrogens is 230 g/mol. The second-order valence-corrected chi connectivity index (χ2v) is 4.22. The lowest BCUT2D eigenvalue weighted by Crippen LogP contribution is -2.17. The van der Waals surface area contributed by atoms with Crippen molar-refractivity contribution in [2.24, 2.45) is 5.73 Å². The summed E-state index contributed by atoms with van der Waals surface area (Å²) in [5.41, 5.74) is 5.37. The van der Waals surface area contributed by atoms with E-state index in [1.54, 1.807) is 0 Å². The lowest BCUT2D eigenvalue weighted by molar-refractivity contribution is 0.0978. The SMILES string of the molecule is CCCCC(O)COc1cccc(OCCN)c1. The van der Waals surface area contributed by atoms with E-state index >= 15 is 0 Å². The van der Waals surface area contributed by atoms with Gasteiger partial charge < -0.3 is 20.3 Å². The smallest absolute Gasteiger partial charge is 0.123 e. The summed E-state index contributed by atoms with van der Waals surface area (Å²) in [5.74, 6) is 1.45. The Morgan fingerprint density at radius 3 is 2.67 bits per heavy atom. The molecule has 0 aliphatic rings. The molecule has 1 atom stereocenters. The van der Waals surface area contributed by atoms with E-state index in [0.29, 0.717) is 25.5 Å². The number of rotatable bonds is 9. The molecule has 0 saturated heterocycles. The van der Waals surface area contributed by atoms with Crippen LogP contribution in [0.2, 0.25) is 0 Å². The number of nitrogens with two attached hydrogens (primary N) is 1. The molecule has 0 aliphatic heterocycles. The molecule has 3 N–H and O–H groups in total. The molecule has 18 heavy (non-hydrogen) atoms. The molecule has 102 valence electrons. The zero-order chi connectivity index (χ0) is 13.2. The second kappa shape index (κ2) is 8.78. The number of unbranched alkanes of at least 4 members (excludes halogenated alkanes) is 1. The summed E-state index contributed by atoms with van der Waals surface area (Å²) in [4.78, 5) is 0. The fourth-order valence-electron chi connectivity index (χ4n) is 1.55. The van der Waals surface area contributed by atoms with E-state index in [-0.39, 0.29) is 0 Å². The average Bonchev–Trinajstić information content (AvgIpc) is 2.41. The Labute approximate surface area is 109 Å². The summed E-state index contributed by atoms with van der Waals surface area (Å²) < 4.78 is 10.9. The molecule has 0 spiro atoms. The highest BCUT2D eigenvalue weighted by Gasteiger charge is 2.05. The van der Waals surface area contributed by atoms with Crippen molar-refractivity contribution in [3.8, 4) is 11.5 Å². The maximum absolute atomic E-state index is 9.68. The van der Waals surface area contributed by atoms with Crippen LogP contribution in [0.5, 0.6) is 11.5 Å². The summed E-state index contributed by atoms with van der Waals surface area (Å²) in [5, 5.41) is 9.68. The number of aliphatic hydroxyl groups is 1. The Kier molecular flexibility index (Phi) is 7.22. The monoisotopic (exact) mass is 253 g/mol. The Bertz CT molecular complexity index is 331. The van der Waals surface area contributed by atoms with Crippen LogP contribution in [-0.2, 0) is 0 Å². The van der Waals surface area contributed by atoms with Crippen LogP contribution in [-0.4, -0.2) is 31.0 Å². The first-order valence-electron chi connectivity index (χ1n) is 6.50. The van der Waals surface area contributed by atoms with Crippen molar-refractivity contribution in [3.05, 3.63) is 24.3 Å². The molecular formula is C14H23NO3. The molecule has 0 amide bonds. The quantitative estimate of drug-likeness (QED) is 0.706. The van der Waals surface area contributed by atoms with E-state index < -0.39 is 6.10 Å². The van der Waals surface area contributed by atoms with E-state index in [1.165, 1.54) is 0 Å². The van der Waals surface area contributed by atoms with Crippen molar-refractivity contribution >= 4 is 0 Å². The van der Waals surface area contributed by atoms with Crippen LogP contribution in [0.15, 0.2) is 24.3 Å². The minimum absolute atomic E-state index is 0.320. The molecule has 1 rings (SSSR count). The fourth-order valence-corrected chi connectivity index (χ4v) is 1.55. The lowest BCUT2D eigenvalue weighted by atomic mass is 10.2. The third-order valence-electron chi connectivity index (χ3n) is 2.53. The Hall–Kier alpha value is -1.26. The van der Waals surface area contributed by atoms with Gasteiger partial charge in [0.1, 0.15) is 24.7 Å². The highest BCUT2D eigenvalue weighted by atomic mass is 16.5. The van der Waals surface area contributed by atoms with Gasteiger partial charge in [0.05, 0.1) is 6.10 Å². The van der Waals surface area contributed by atoms with Crippen molar-refractivity contribution in [1.29, 1.82) is 0 Å². The van der Waals surface area contributed by atoms with Gasteiger partial charge in [0, 0.05) is 12.6 Å². The van der Waals surface area contributed by atoms with Gasteiger partial charge in [-0.1, -0.05) is 25.8 Å². The van der Waals surface area contributed by atoms with E-state index in [0.717, 1.165) is 25.0 Å². The largest absolute Gasteiger partial charge is 0.492 e. The molecule has 0 saturated carbocycles. The van der Waals surface area contributed by atoms with Crippen LogP contribution in [0, 0.1) is 0 Å². The highest BCUT2D eigenvalue weighted by molar-refractivity contribution is 5.32. The summed E-state index contributed by atoms with van der Waals surface area (Å²) in [6.45, 7) is 3.40. The number of hydrogen-bond donors (Lipinski definition) is 2. The molecule has 1 aromatic rings. The van der Waals surface area contributed by atoms with Crippen molar-refractivity contribution in [2.75, 3.05) is 19.8 Å².